The van der Waals surface area contributed by atoms with Crippen LogP contribution in [0.3, 0.4) is 0 Å². The van der Waals surface area contributed by atoms with Gasteiger partial charge >= 0.3 is 6.03 Å². The van der Waals surface area contributed by atoms with Crippen LogP contribution in [0.15, 0.2) is 66.9 Å². The predicted octanol–water partition coefficient (Wildman–Crippen LogP) is 6.70. The Morgan fingerprint density at radius 3 is 2.63 bits per heavy atom. The van der Waals surface area contributed by atoms with Gasteiger partial charge in [0.05, 0.1) is 31.1 Å². The van der Waals surface area contributed by atoms with E-state index in [0.717, 1.165) is 36.3 Å². The number of aromatic nitrogens is 1. The Balaban J connectivity index is 1.50. The van der Waals surface area contributed by atoms with Crippen LogP contribution in [0.25, 0.3) is 5.00 Å². The van der Waals surface area contributed by atoms with E-state index >= 15 is 0 Å². The topological polar surface area (TPSA) is 46.5 Å². The fourth-order valence-corrected chi connectivity index (χ4v) is 6.68. The maximum Gasteiger partial charge on any atom is 0.323 e. The van der Waals surface area contributed by atoms with Gasteiger partial charge in [-0.2, -0.15) is 0 Å². The number of nitrogens with zero attached hydrogens (tertiary/aromatic N) is 2. The minimum atomic E-state index is -0.450. The molecule has 1 atom stereocenters. The van der Waals surface area contributed by atoms with Crippen molar-refractivity contribution in [2.75, 3.05) is 12.4 Å². The smallest absolute Gasteiger partial charge is 0.323 e. The number of anilines is 1. The molecule has 6 rings (SSSR count). The summed E-state index contributed by atoms with van der Waals surface area (Å²) in [6.07, 6.45) is 6.58. The van der Waals surface area contributed by atoms with Gasteiger partial charge in [0.2, 0.25) is 0 Å². The number of urea groups is 1. The lowest BCUT2D eigenvalue weighted by atomic mass is 9.95. The number of carbonyl (C=O) groups excluding carboxylic acids is 1. The summed E-state index contributed by atoms with van der Waals surface area (Å²) in [6.45, 7) is 0.458. The van der Waals surface area contributed by atoms with Gasteiger partial charge in [0, 0.05) is 16.6 Å². The number of aryl methyl sites for hydroxylation is 1. The number of hydrogen-bond donors (Lipinski definition) is 1. The van der Waals surface area contributed by atoms with Gasteiger partial charge in [-0.05, 0) is 73.2 Å². The molecule has 4 aromatic rings. The van der Waals surface area contributed by atoms with Crippen LogP contribution >= 0.6 is 11.3 Å². The average molecular weight is 488 g/mol. The molecule has 2 aliphatic rings. The first-order valence-corrected chi connectivity index (χ1v) is 12.7. The van der Waals surface area contributed by atoms with Gasteiger partial charge in [-0.3, -0.25) is 0 Å². The number of hydrogen-bond acceptors (Lipinski definition) is 3. The zero-order chi connectivity index (χ0) is 23.9. The molecule has 35 heavy (non-hydrogen) atoms. The van der Waals surface area contributed by atoms with Crippen LogP contribution in [0, 0.1) is 5.82 Å². The summed E-state index contributed by atoms with van der Waals surface area (Å²) in [5.74, 6) is 0.307. The van der Waals surface area contributed by atoms with Gasteiger partial charge in [0.1, 0.15) is 16.6 Å². The monoisotopic (exact) mass is 487 g/mol. The first-order chi connectivity index (χ1) is 17.1. The van der Waals surface area contributed by atoms with Crippen molar-refractivity contribution in [2.24, 2.45) is 0 Å². The van der Waals surface area contributed by atoms with Crippen molar-refractivity contribution in [3.05, 3.63) is 99.9 Å². The van der Waals surface area contributed by atoms with Crippen molar-refractivity contribution in [3.8, 4) is 10.8 Å². The molecule has 2 aromatic carbocycles. The van der Waals surface area contributed by atoms with Crippen LogP contribution in [-0.4, -0.2) is 22.6 Å². The van der Waals surface area contributed by atoms with Crippen LogP contribution in [-0.2, 0) is 19.4 Å². The second kappa shape index (κ2) is 8.89. The molecule has 0 radical (unpaired) electrons. The van der Waals surface area contributed by atoms with E-state index < -0.39 is 5.82 Å². The maximum absolute atomic E-state index is 14.5. The van der Waals surface area contributed by atoms with Gasteiger partial charge in [-0.15, -0.1) is 11.3 Å². The Morgan fingerprint density at radius 2 is 1.83 bits per heavy atom. The molecule has 0 saturated heterocycles. The van der Waals surface area contributed by atoms with Gasteiger partial charge in [-0.1, -0.05) is 24.3 Å². The van der Waals surface area contributed by atoms with Crippen LogP contribution in [0.1, 0.15) is 46.1 Å². The number of para-hydroxylation sites is 1. The zero-order valence-electron chi connectivity index (χ0n) is 19.5. The molecule has 2 amide bonds. The highest BCUT2D eigenvalue weighted by molar-refractivity contribution is 7.15. The Morgan fingerprint density at radius 1 is 1.03 bits per heavy atom. The number of carbonyl (C=O) groups is 1. The van der Waals surface area contributed by atoms with Crippen molar-refractivity contribution in [1.29, 1.82) is 0 Å². The number of halogens is 1. The fourth-order valence-electron chi connectivity index (χ4n) is 5.27. The molecule has 0 spiro atoms. The molecular formula is C28H26FN3O2S. The van der Waals surface area contributed by atoms with Gasteiger partial charge in [-0.25, -0.2) is 9.18 Å². The molecule has 3 heterocycles. The Bertz CT molecular complexity index is 1390. The molecule has 7 heteroatoms. The molecule has 178 valence electrons. The quantitative estimate of drug-likeness (QED) is 0.349. The van der Waals surface area contributed by atoms with Crippen molar-refractivity contribution in [2.45, 2.75) is 38.3 Å². The second-order valence-electron chi connectivity index (χ2n) is 9.01. The molecule has 1 aliphatic heterocycles. The van der Waals surface area contributed by atoms with E-state index in [2.05, 4.69) is 22.1 Å². The van der Waals surface area contributed by atoms with Crippen molar-refractivity contribution in [1.82, 2.24) is 9.47 Å². The molecular weight excluding hydrogens is 461 g/mol. The van der Waals surface area contributed by atoms with E-state index in [1.54, 1.807) is 25.3 Å². The second-order valence-corrected chi connectivity index (χ2v) is 10.1. The van der Waals surface area contributed by atoms with Crippen LogP contribution in [0.4, 0.5) is 14.9 Å². The minimum Gasteiger partial charge on any atom is -0.497 e. The van der Waals surface area contributed by atoms with E-state index in [-0.39, 0.29) is 17.8 Å². The number of fused-ring (bicyclic) bond motifs is 5. The molecule has 5 nitrogen and oxygen atoms in total. The highest BCUT2D eigenvalue weighted by atomic mass is 32.1. The Labute approximate surface area is 207 Å². The SMILES string of the molecule is COc1ccc(C2c3cccn3-c3sc4c(c3CN2C(=O)Nc2ccccc2F)CCCC4)cc1. The molecule has 1 N–H and O–H groups in total. The van der Waals surface area contributed by atoms with Crippen LogP contribution < -0.4 is 10.1 Å². The largest absolute Gasteiger partial charge is 0.497 e. The number of methoxy groups -OCH3 is 1. The number of rotatable bonds is 3. The highest BCUT2D eigenvalue weighted by Crippen LogP contribution is 2.44. The summed E-state index contributed by atoms with van der Waals surface area (Å²) in [5.41, 5.74) is 4.75. The third-order valence-electron chi connectivity index (χ3n) is 6.99. The van der Waals surface area contributed by atoms with Gasteiger partial charge < -0.3 is 19.5 Å². The Kier molecular flexibility index (Phi) is 5.57. The maximum atomic E-state index is 14.5. The van der Waals surface area contributed by atoms with Crippen molar-refractivity contribution >= 4 is 23.1 Å². The van der Waals surface area contributed by atoms with Gasteiger partial charge in [0.15, 0.2) is 0 Å². The van der Waals surface area contributed by atoms with E-state index in [9.17, 15) is 9.18 Å². The van der Waals surface area contributed by atoms with Crippen molar-refractivity contribution < 1.29 is 13.9 Å². The van der Waals surface area contributed by atoms with Crippen LogP contribution in [0.5, 0.6) is 5.75 Å². The lowest BCUT2D eigenvalue weighted by molar-refractivity contribution is 0.194. The zero-order valence-corrected chi connectivity index (χ0v) is 20.3. The summed E-state index contributed by atoms with van der Waals surface area (Å²) in [6, 6.07) is 17.6. The summed E-state index contributed by atoms with van der Waals surface area (Å²) >= 11 is 1.85. The number of amides is 2. The summed E-state index contributed by atoms with van der Waals surface area (Å²) in [7, 11) is 1.64. The normalized spacial score (nSPS) is 16.6. The third kappa shape index (κ3) is 3.80. The average Bonchev–Trinajstić information content (AvgIpc) is 3.47. The van der Waals surface area contributed by atoms with Crippen LogP contribution in [0.2, 0.25) is 0 Å². The third-order valence-corrected chi connectivity index (χ3v) is 8.32. The highest BCUT2D eigenvalue weighted by Gasteiger charge is 2.36. The standard InChI is InChI=1S/C28H26FN3O2S/c1-34-19-14-12-18(13-15-19)26-24-10-6-16-31(24)27-21(20-7-2-5-11-25(20)35-27)17-32(26)28(33)30-23-9-4-3-8-22(23)29/h3-4,6,8-10,12-16,26H,2,5,7,11,17H2,1H3,(H,30,33). The minimum absolute atomic E-state index is 0.179. The van der Waals surface area contributed by atoms with E-state index in [4.69, 9.17) is 4.74 Å². The first kappa shape index (κ1) is 21.9. The van der Waals surface area contributed by atoms with E-state index in [0.29, 0.717) is 6.54 Å². The number of benzene rings is 2. The molecule has 0 saturated carbocycles. The lowest BCUT2D eigenvalue weighted by Gasteiger charge is -2.31. The number of ether oxygens (including phenoxy) is 1. The number of nitrogens with one attached hydrogen (secondary N) is 1. The summed E-state index contributed by atoms with van der Waals surface area (Å²) in [5, 5.41) is 4.03. The van der Waals surface area contributed by atoms with E-state index in [1.807, 2.05) is 46.6 Å². The molecule has 2 aromatic heterocycles. The Hall–Kier alpha value is -3.58. The molecule has 1 unspecified atom stereocenters. The summed E-state index contributed by atoms with van der Waals surface area (Å²) < 4.78 is 22.1. The molecule has 0 bridgehead atoms. The number of thiophene rings is 1. The fraction of sp³-hybridized carbons (Fsp3) is 0.250. The predicted molar refractivity (Wildman–Crippen MR) is 136 cm³/mol. The van der Waals surface area contributed by atoms with E-state index in [1.165, 1.54) is 33.5 Å². The first-order valence-electron chi connectivity index (χ1n) is 11.9. The van der Waals surface area contributed by atoms with Gasteiger partial charge in [0.25, 0.3) is 0 Å². The van der Waals surface area contributed by atoms with Crippen molar-refractivity contribution in [3.63, 3.8) is 0 Å². The molecule has 1 aliphatic carbocycles. The molecule has 0 fully saturated rings. The summed E-state index contributed by atoms with van der Waals surface area (Å²) in [4.78, 5) is 17.1. The lowest BCUT2D eigenvalue weighted by Crippen LogP contribution is -2.38.